The highest BCUT2D eigenvalue weighted by molar-refractivity contribution is 5.35. The zero-order valence-corrected chi connectivity index (χ0v) is 10.6. The Morgan fingerprint density at radius 3 is 2.44 bits per heavy atom. The molecule has 1 aromatic heterocycles. The summed E-state index contributed by atoms with van der Waals surface area (Å²) < 4.78 is 1.75. The van der Waals surface area contributed by atoms with Gasteiger partial charge < -0.3 is 5.73 Å². The molecule has 0 amide bonds. The number of hydrogen-bond acceptors (Lipinski definition) is 3. The molecule has 94 valence electrons. The van der Waals surface area contributed by atoms with E-state index in [1.54, 1.807) is 4.68 Å². The highest BCUT2D eigenvalue weighted by Gasteiger charge is 2.36. The molecule has 2 N–H and O–H groups in total. The van der Waals surface area contributed by atoms with E-state index in [9.17, 15) is 0 Å². The molecule has 3 rings (SSSR count). The van der Waals surface area contributed by atoms with Crippen LogP contribution in [0, 0.1) is 5.41 Å². The number of nitrogens with two attached hydrogens (primary N) is 1. The van der Waals surface area contributed by atoms with Crippen molar-refractivity contribution in [2.45, 2.75) is 19.3 Å². The molecule has 4 nitrogen and oxygen atoms in total. The lowest BCUT2D eigenvalue weighted by molar-refractivity contribution is 0.311. The second-order valence-corrected chi connectivity index (χ2v) is 5.39. The van der Waals surface area contributed by atoms with Gasteiger partial charge in [0.15, 0.2) is 0 Å². The predicted molar refractivity (Wildman–Crippen MR) is 70.0 cm³/mol. The fraction of sp³-hybridized carbons (Fsp3) is 0.429. The maximum absolute atomic E-state index is 6.05. The SMILES string of the molecule is Cn1cc(CC2(CN)Cc3ccccc3C2)nn1. The molecular formula is C14H18N4. The topological polar surface area (TPSA) is 56.7 Å². The Bertz CT molecular complexity index is 533. The molecule has 0 aliphatic heterocycles. The zero-order chi connectivity index (χ0) is 12.6. The fourth-order valence-electron chi connectivity index (χ4n) is 2.97. The second kappa shape index (κ2) is 4.21. The molecule has 0 fully saturated rings. The van der Waals surface area contributed by atoms with Gasteiger partial charge in [0.1, 0.15) is 0 Å². The Labute approximate surface area is 107 Å². The number of nitrogens with zero attached hydrogens (tertiary/aromatic N) is 3. The highest BCUT2D eigenvalue weighted by Crippen LogP contribution is 2.38. The average molecular weight is 242 g/mol. The van der Waals surface area contributed by atoms with Crippen LogP contribution in [0.5, 0.6) is 0 Å². The van der Waals surface area contributed by atoms with E-state index in [4.69, 9.17) is 5.73 Å². The second-order valence-electron chi connectivity index (χ2n) is 5.39. The lowest BCUT2D eigenvalue weighted by atomic mass is 9.80. The van der Waals surface area contributed by atoms with Gasteiger partial charge in [0.25, 0.3) is 0 Å². The number of aromatic nitrogens is 3. The predicted octanol–water partition coefficient (Wildman–Crippen LogP) is 1.10. The Morgan fingerprint density at radius 2 is 1.94 bits per heavy atom. The first-order valence-corrected chi connectivity index (χ1v) is 6.33. The first-order chi connectivity index (χ1) is 8.71. The van der Waals surface area contributed by atoms with Gasteiger partial charge in [-0.1, -0.05) is 29.5 Å². The molecular weight excluding hydrogens is 224 g/mol. The van der Waals surface area contributed by atoms with Crippen LogP contribution in [0.25, 0.3) is 0 Å². The summed E-state index contributed by atoms with van der Waals surface area (Å²) in [6.07, 6.45) is 5.00. The van der Waals surface area contributed by atoms with E-state index in [-0.39, 0.29) is 5.41 Å². The van der Waals surface area contributed by atoms with E-state index in [0.717, 1.165) is 25.0 Å². The Kier molecular flexibility index (Phi) is 2.67. The highest BCUT2D eigenvalue weighted by atomic mass is 15.4. The minimum absolute atomic E-state index is 0.125. The van der Waals surface area contributed by atoms with Gasteiger partial charge in [0, 0.05) is 19.7 Å². The maximum atomic E-state index is 6.05. The number of fused-ring (bicyclic) bond motifs is 1. The van der Waals surface area contributed by atoms with Crippen LogP contribution in [0.3, 0.4) is 0 Å². The molecule has 2 aromatic rings. The summed E-state index contributed by atoms with van der Waals surface area (Å²) in [7, 11) is 1.90. The summed E-state index contributed by atoms with van der Waals surface area (Å²) in [4.78, 5) is 0. The van der Waals surface area contributed by atoms with E-state index < -0.39 is 0 Å². The van der Waals surface area contributed by atoms with Crippen molar-refractivity contribution < 1.29 is 0 Å². The first kappa shape index (κ1) is 11.4. The lowest BCUT2D eigenvalue weighted by Gasteiger charge is -2.26. The molecule has 0 unspecified atom stereocenters. The van der Waals surface area contributed by atoms with Crippen LogP contribution in [0.15, 0.2) is 30.5 Å². The minimum atomic E-state index is 0.125. The Morgan fingerprint density at radius 1 is 1.28 bits per heavy atom. The number of benzene rings is 1. The third-order valence-electron chi connectivity index (χ3n) is 3.89. The van der Waals surface area contributed by atoms with Gasteiger partial charge in [-0.15, -0.1) is 5.10 Å². The van der Waals surface area contributed by atoms with E-state index in [0.29, 0.717) is 6.54 Å². The molecule has 0 saturated heterocycles. The summed E-state index contributed by atoms with van der Waals surface area (Å²) >= 11 is 0. The Balaban J connectivity index is 1.86. The van der Waals surface area contributed by atoms with E-state index >= 15 is 0 Å². The third kappa shape index (κ3) is 1.93. The summed E-state index contributed by atoms with van der Waals surface area (Å²) in [5.74, 6) is 0. The van der Waals surface area contributed by atoms with Gasteiger partial charge in [-0.25, -0.2) is 0 Å². The molecule has 1 aliphatic carbocycles. The molecule has 18 heavy (non-hydrogen) atoms. The van der Waals surface area contributed by atoms with Gasteiger partial charge in [0.2, 0.25) is 0 Å². The maximum Gasteiger partial charge on any atom is 0.0833 e. The number of rotatable bonds is 3. The molecule has 0 atom stereocenters. The molecule has 1 aromatic carbocycles. The van der Waals surface area contributed by atoms with Crippen LogP contribution < -0.4 is 5.73 Å². The minimum Gasteiger partial charge on any atom is -0.330 e. The molecule has 4 heteroatoms. The van der Waals surface area contributed by atoms with Crippen molar-refractivity contribution in [2.75, 3.05) is 6.54 Å². The van der Waals surface area contributed by atoms with Gasteiger partial charge in [-0.3, -0.25) is 4.68 Å². The van der Waals surface area contributed by atoms with Crippen molar-refractivity contribution in [3.05, 3.63) is 47.3 Å². The van der Waals surface area contributed by atoms with Crippen LogP contribution >= 0.6 is 0 Å². The molecule has 0 bridgehead atoms. The Hall–Kier alpha value is -1.68. The lowest BCUT2D eigenvalue weighted by Crippen LogP contribution is -2.33. The van der Waals surface area contributed by atoms with Crippen LogP contribution in [0.4, 0.5) is 0 Å². The van der Waals surface area contributed by atoms with Crippen molar-refractivity contribution in [3.63, 3.8) is 0 Å². The quantitative estimate of drug-likeness (QED) is 0.877. The smallest absolute Gasteiger partial charge is 0.0833 e. The van der Waals surface area contributed by atoms with Crippen LogP contribution in [-0.2, 0) is 26.3 Å². The van der Waals surface area contributed by atoms with Crippen LogP contribution in [0.1, 0.15) is 16.8 Å². The zero-order valence-electron chi connectivity index (χ0n) is 10.6. The van der Waals surface area contributed by atoms with Crippen molar-refractivity contribution >= 4 is 0 Å². The van der Waals surface area contributed by atoms with Crippen LogP contribution in [-0.4, -0.2) is 21.5 Å². The van der Waals surface area contributed by atoms with Gasteiger partial charge in [-0.05, 0) is 35.9 Å². The van der Waals surface area contributed by atoms with Crippen molar-refractivity contribution in [1.29, 1.82) is 0 Å². The largest absolute Gasteiger partial charge is 0.330 e. The number of aryl methyl sites for hydroxylation is 1. The summed E-state index contributed by atoms with van der Waals surface area (Å²) in [6, 6.07) is 8.63. The third-order valence-corrected chi connectivity index (χ3v) is 3.89. The van der Waals surface area contributed by atoms with Crippen molar-refractivity contribution in [1.82, 2.24) is 15.0 Å². The monoisotopic (exact) mass is 242 g/mol. The van der Waals surface area contributed by atoms with E-state index in [1.165, 1.54) is 11.1 Å². The van der Waals surface area contributed by atoms with E-state index in [2.05, 4.69) is 34.6 Å². The van der Waals surface area contributed by atoms with Crippen molar-refractivity contribution in [3.8, 4) is 0 Å². The molecule has 1 heterocycles. The molecule has 1 aliphatic rings. The normalized spacial score (nSPS) is 16.8. The van der Waals surface area contributed by atoms with Gasteiger partial charge in [-0.2, -0.15) is 0 Å². The molecule has 0 spiro atoms. The van der Waals surface area contributed by atoms with Crippen LogP contribution in [0.2, 0.25) is 0 Å². The summed E-state index contributed by atoms with van der Waals surface area (Å²) in [5.41, 5.74) is 10.1. The standard InChI is InChI=1S/C14H18N4/c1-18-9-13(16-17-18)8-14(10-15)6-11-4-2-3-5-12(11)7-14/h2-5,9H,6-8,10,15H2,1H3. The average Bonchev–Trinajstić information content (AvgIpc) is 2.93. The number of hydrogen-bond donors (Lipinski definition) is 1. The summed E-state index contributed by atoms with van der Waals surface area (Å²) in [6.45, 7) is 0.693. The first-order valence-electron chi connectivity index (χ1n) is 6.33. The molecule has 0 radical (unpaired) electrons. The molecule has 0 saturated carbocycles. The fourth-order valence-corrected chi connectivity index (χ4v) is 2.97. The van der Waals surface area contributed by atoms with Crippen molar-refractivity contribution in [2.24, 2.45) is 18.2 Å². The van der Waals surface area contributed by atoms with Gasteiger partial charge >= 0.3 is 0 Å². The van der Waals surface area contributed by atoms with E-state index in [1.807, 2.05) is 13.2 Å². The summed E-state index contributed by atoms with van der Waals surface area (Å²) in [5, 5.41) is 8.19. The van der Waals surface area contributed by atoms with Gasteiger partial charge in [0.05, 0.1) is 5.69 Å².